The number of pyridine rings is 1. The van der Waals surface area contributed by atoms with Crippen molar-refractivity contribution in [2.24, 2.45) is 0 Å². The molecule has 1 aromatic rings. The molecule has 0 radical (unpaired) electrons. The Labute approximate surface area is 120 Å². The minimum atomic E-state index is -0.0609. The van der Waals surface area contributed by atoms with Crippen LogP contribution in [-0.4, -0.2) is 28.4 Å². The second kappa shape index (κ2) is 6.57. The van der Waals surface area contributed by atoms with E-state index in [1.807, 2.05) is 17.8 Å². The van der Waals surface area contributed by atoms with Gasteiger partial charge in [-0.2, -0.15) is 11.8 Å². The number of carbonyl (C=O) groups is 1. The first-order chi connectivity index (χ1) is 8.69. The molecule has 0 bridgehead atoms. The highest BCUT2D eigenvalue weighted by atomic mass is 79.9. The van der Waals surface area contributed by atoms with Gasteiger partial charge < -0.3 is 5.32 Å². The molecule has 0 saturated heterocycles. The molecule has 1 aromatic heterocycles. The van der Waals surface area contributed by atoms with E-state index in [0.29, 0.717) is 17.0 Å². The molecular weight excluding hydrogens is 312 g/mol. The normalized spacial score (nSPS) is 23.7. The number of amides is 1. The van der Waals surface area contributed by atoms with Crippen molar-refractivity contribution in [3.05, 3.63) is 28.5 Å². The Bertz CT molecular complexity index is 410. The molecule has 0 aromatic carbocycles. The van der Waals surface area contributed by atoms with Crippen molar-refractivity contribution < 1.29 is 4.79 Å². The lowest BCUT2D eigenvalue weighted by molar-refractivity contribution is 0.0923. The first-order valence-corrected chi connectivity index (χ1v) is 8.22. The summed E-state index contributed by atoms with van der Waals surface area (Å²) in [5.74, 6) is -0.0609. The minimum Gasteiger partial charge on any atom is -0.348 e. The topological polar surface area (TPSA) is 42.0 Å². The van der Waals surface area contributed by atoms with Gasteiger partial charge in [-0.25, -0.2) is 4.98 Å². The summed E-state index contributed by atoms with van der Waals surface area (Å²) in [6, 6.07) is 3.89. The van der Waals surface area contributed by atoms with E-state index >= 15 is 0 Å². The van der Waals surface area contributed by atoms with Gasteiger partial charge in [-0.15, -0.1) is 0 Å². The van der Waals surface area contributed by atoms with E-state index in [1.54, 1.807) is 12.3 Å². The van der Waals surface area contributed by atoms with E-state index < -0.39 is 0 Å². The number of carbonyl (C=O) groups excluding carboxylic acids is 1. The van der Waals surface area contributed by atoms with Gasteiger partial charge in [0.15, 0.2) is 0 Å². The Morgan fingerprint density at radius 1 is 1.50 bits per heavy atom. The van der Waals surface area contributed by atoms with Crippen LogP contribution in [-0.2, 0) is 0 Å². The smallest absolute Gasteiger partial charge is 0.270 e. The van der Waals surface area contributed by atoms with Gasteiger partial charge in [0.2, 0.25) is 0 Å². The predicted octanol–water partition coefficient (Wildman–Crippen LogP) is 3.25. The van der Waals surface area contributed by atoms with Crippen LogP contribution >= 0.6 is 27.7 Å². The number of aromatic nitrogens is 1. The first-order valence-electron chi connectivity index (χ1n) is 6.14. The van der Waals surface area contributed by atoms with Crippen molar-refractivity contribution in [3.8, 4) is 0 Å². The van der Waals surface area contributed by atoms with Crippen LogP contribution in [0, 0.1) is 0 Å². The van der Waals surface area contributed by atoms with Crippen molar-refractivity contribution in [2.45, 2.75) is 37.0 Å². The molecule has 1 aliphatic carbocycles. The van der Waals surface area contributed by atoms with Crippen LogP contribution in [0.3, 0.4) is 0 Å². The maximum Gasteiger partial charge on any atom is 0.270 e. The highest BCUT2D eigenvalue weighted by molar-refractivity contribution is 9.10. The molecule has 1 fully saturated rings. The summed E-state index contributed by atoms with van der Waals surface area (Å²) in [6.07, 6.45) is 8.42. The largest absolute Gasteiger partial charge is 0.348 e. The molecule has 1 aliphatic rings. The third-order valence-corrected chi connectivity index (χ3v) is 4.82. The lowest BCUT2D eigenvalue weighted by Gasteiger charge is -2.28. The van der Waals surface area contributed by atoms with Gasteiger partial charge in [-0.3, -0.25) is 4.79 Å². The summed E-state index contributed by atoms with van der Waals surface area (Å²) in [6.45, 7) is 0. The number of halogens is 1. The average Bonchev–Trinajstić information content (AvgIpc) is 2.39. The summed E-state index contributed by atoms with van der Waals surface area (Å²) in [7, 11) is 0. The maximum absolute atomic E-state index is 12.0. The van der Waals surface area contributed by atoms with Crippen molar-refractivity contribution in [1.29, 1.82) is 0 Å². The second-order valence-corrected chi connectivity index (χ2v) is 6.61. The van der Waals surface area contributed by atoms with Gasteiger partial charge in [-0.05, 0) is 53.6 Å². The molecule has 0 spiro atoms. The second-order valence-electron chi connectivity index (χ2n) is 4.56. The van der Waals surface area contributed by atoms with Gasteiger partial charge in [0, 0.05) is 22.0 Å². The molecule has 0 aliphatic heterocycles. The van der Waals surface area contributed by atoms with Crippen molar-refractivity contribution in [1.82, 2.24) is 10.3 Å². The van der Waals surface area contributed by atoms with Crippen LogP contribution in [0.5, 0.6) is 0 Å². The van der Waals surface area contributed by atoms with E-state index in [4.69, 9.17) is 0 Å². The number of rotatable bonds is 3. The number of hydrogen-bond acceptors (Lipinski definition) is 3. The van der Waals surface area contributed by atoms with E-state index in [1.165, 1.54) is 12.8 Å². The molecular formula is C13H17BrN2OS. The van der Waals surface area contributed by atoms with Crippen LogP contribution in [0.1, 0.15) is 36.2 Å². The Morgan fingerprint density at radius 2 is 2.33 bits per heavy atom. The molecule has 3 nitrogen and oxygen atoms in total. The lowest BCUT2D eigenvalue weighted by atomic mass is 9.95. The van der Waals surface area contributed by atoms with Crippen LogP contribution in [0.15, 0.2) is 22.8 Å². The highest BCUT2D eigenvalue weighted by Gasteiger charge is 2.23. The summed E-state index contributed by atoms with van der Waals surface area (Å²) < 4.78 is 0.888. The van der Waals surface area contributed by atoms with E-state index in [-0.39, 0.29) is 5.91 Å². The van der Waals surface area contributed by atoms with Gasteiger partial charge in [0.05, 0.1) is 0 Å². The highest BCUT2D eigenvalue weighted by Crippen LogP contribution is 2.27. The van der Waals surface area contributed by atoms with E-state index in [2.05, 4.69) is 32.5 Å². The Hall–Kier alpha value is -0.550. The monoisotopic (exact) mass is 328 g/mol. The fourth-order valence-electron chi connectivity index (χ4n) is 2.26. The van der Waals surface area contributed by atoms with Crippen molar-refractivity contribution >= 4 is 33.6 Å². The van der Waals surface area contributed by atoms with E-state index in [9.17, 15) is 4.79 Å². The molecule has 1 heterocycles. The third-order valence-electron chi connectivity index (χ3n) is 3.25. The summed E-state index contributed by atoms with van der Waals surface area (Å²) in [5, 5.41) is 3.77. The number of thioether (sulfide) groups is 1. The van der Waals surface area contributed by atoms with Crippen LogP contribution in [0.25, 0.3) is 0 Å². The van der Waals surface area contributed by atoms with Gasteiger partial charge >= 0.3 is 0 Å². The number of nitrogens with zero attached hydrogens (tertiary/aromatic N) is 1. The van der Waals surface area contributed by atoms with Crippen molar-refractivity contribution in [3.63, 3.8) is 0 Å². The SMILES string of the molecule is CSC1CCCC(NC(=O)c2ccc(Br)cn2)C1. The molecule has 5 heteroatoms. The van der Waals surface area contributed by atoms with Gasteiger partial charge in [0.25, 0.3) is 5.91 Å². The van der Waals surface area contributed by atoms with Crippen LogP contribution < -0.4 is 5.32 Å². The van der Waals surface area contributed by atoms with Crippen LogP contribution in [0.2, 0.25) is 0 Å². The van der Waals surface area contributed by atoms with Gasteiger partial charge in [0.1, 0.15) is 5.69 Å². The Balaban J connectivity index is 1.92. The zero-order valence-electron chi connectivity index (χ0n) is 10.4. The number of nitrogens with one attached hydrogen (secondary N) is 1. The predicted molar refractivity (Wildman–Crippen MR) is 79.0 cm³/mol. The first kappa shape index (κ1) is 13.9. The standard InChI is InChI=1S/C13H17BrN2OS/c1-18-11-4-2-3-10(7-11)16-13(17)12-6-5-9(14)8-15-12/h5-6,8,10-11H,2-4,7H2,1H3,(H,16,17). The molecule has 2 rings (SSSR count). The molecule has 2 atom stereocenters. The third kappa shape index (κ3) is 3.72. The van der Waals surface area contributed by atoms with Gasteiger partial charge in [-0.1, -0.05) is 6.42 Å². The minimum absolute atomic E-state index is 0.0609. The molecule has 1 amide bonds. The number of hydrogen-bond donors (Lipinski definition) is 1. The summed E-state index contributed by atoms with van der Waals surface area (Å²) in [4.78, 5) is 16.1. The Kier molecular flexibility index (Phi) is 5.06. The van der Waals surface area contributed by atoms with Crippen molar-refractivity contribution in [2.75, 3.05) is 6.26 Å². The molecule has 1 N–H and O–H groups in total. The quantitative estimate of drug-likeness (QED) is 0.926. The fraction of sp³-hybridized carbons (Fsp3) is 0.538. The fourth-order valence-corrected chi connectivity index (χ4v) is 3.32. The molecule has 98 valence electrons. The zero-order valence-corrected chi connectivity index (χ0v) is 12.8. The average molecular weight is 329 g/mol. The summed E-state index contributed by atoms with van der Waals surface area (Å²) in [5.41, 5.74) is 0.490. The van der Waals surface area contributed by atoms with Crippen LogP contribution in [0.4, 0.5) is 0 Å². The maximum atomic E-state index is 12.0. The zero-order chi connectivity index (χ0) is 13.0. The van der Waals surface area contributed by atoms with E-state index in [0.717, 1.165) is 17.3 Å². The lowest BCUT2D eigenvalue weighted by Crippen LogP contribution is -2.39. The molecule has 18 heavy (non-hydrogen) atoms. The molecule has 2 unspecified atom stereocenters. The summed E-state index contributed by atoms with van der Waals surface area (Å²) >= 11 is 5.21. The Morgan fingerprint density at radius 3 is 3.00 bits per heavy atom. The molecule has 1 saturated carbocycles.